The van der Waals surface area contributed by atoms with Crippen LogP contribution in [0.3, 0.4) is 0 Å². The van der Waals surface area contributed by atoms with E-state index in [9.17, 15) is 13.5 Å². The maximum Gasteiger partial charge on any atom is 0.265 e. The average Bonchev–Trinajstić information content (AvgIpc) is 2.66. The fourth-order valence-electron chi connectivity index (χ4n) is 1.36. The molecular formula is C9H16N2O3S2. The van der Waals surface area contributed by atoms with Crippen LogP contribution in [0.5, 0.6) is 0 Å². The lowest BCUT2D eigenvalue weighted by Gasteiger charge is -2.35. The number of aliphatic hydroxyl groups is 1. The van der Waals surface area contributed by atoms with Gasteiger partial charge in [-0.05, 0) is 19.3 Å². The number of sulfonamides is 1. The van der Waals surface area contributed by atoms with E-state index in [-0.39, 0.29) is 4.34 Å². The highest BCUT2D eigenvalue weighted by atomic mass is 32.2. The summed E-state index contributed by atoms with van der Waals surface area (Å²) in [5.41, 5.74) is -0.861. The van der Waals surface area contributed by atoms with Crippen LogP contribution in [0.25, 0.3) is 0 Å². The van der Waals surface area contributed by atoms with Crippen molar-refractivity contribution in [1.82, 2.24) is 4.98 Å². The number of nitrogens with two attached hydrogens (primary N) is 1. The topological polar surface area (TPSA) is 93.3 Å². The average molecular weight is 264 g/mol. The van der Waals surface area contributed by atoms with E-state index in [1.165, 1.54) is 6.20 Å². The van der Waals surface area contributed by atoms with Gasteiger partial charge in [0.15, 0.2) is 0 Å². The molecule has 0 spiro atoms. The van der Waals surface area contributed by atoms with Gasteiger partial charge in [0, 0.05) is 6.20 Å². The Morgan fingerprint density at radius 3 is 2.38 bits per heavy atom. The Hall–Kier alpha value is -0.500. The molecule has 16 heavy (non-hydrogen) atoms. The lowest BCUT2D eigenvalue weighted by atomic mass is 9.79. The van der Waals surface area contributed by atoms with Crippen molar-refractivity contribution in [3.05, 3.63) is 11.1 Å². The lowest BCUT2D eigenvalue weighted by Crippen LogP contribution is -2.32. The van der Waals surface area contributed by atoms with Crippen LogP contribution < -0.4 is 5.14 Å². The Kier molecular flexibility index (Phi) is 4.06. The van der Waals surface area contributed by atoms with Crippen molar-refractivity contribution >= 4 is 21.4 Å². The molecule has 0 atom stereocenters. The number of hydrogen-bond acceptors (Lipinski definition) is 5. The van der Waals surface area contributed by atoms with Gasteiger partial charge in [0.1, 0.15) is 5.60 Å². The Morgan fingerprint density at radius 2 is 2.06 bits per heavy atom. The van der Waals surface area contributed by atoms with Gasteiger partial charge >= 0.3 is 0 Å². The second-order valence-electron chi connectivity index (χ2n) is 3.42. The van der Waals surface area contributed by atoms with Crippen molar-refractivity contribution in [1.29, 1.82) is 0 Å². The Balaban J connectivity index is 0.000000606. The SMILES string of the molecule is CC.NS(=O)(=O)c1ncc(C2(O)CCC2)s1. The van der Waals surface area contributed by atoms with Crippen molar-refractivity contribution in [2.75, 3.05) is 0 Å². The van der Waals surface area contributed by atoms with E-state index in [1.54, 1.807) is 0 Å². The first-order valence-corrected chi connectivity index (χ1v) is 7.50. The molecule has 1 fully saturated rings. The predicted molar refractivity (Wildman–Crippen MR) is 62.6 cm³/mol. The molecule has 0 unspecified atom stereocenters. The number of thiazole rings is 1. The molecule has 0 radical (unpaired) electrons. The smallest absolute Gasteiger partial charge is 0.265 e. The fraction of sp³-hybridized carbons (Fsp3) is 0.667. The molecular weight excluding hydrogens is 248 g/mol. The molecule has 0 aromatic carbocycles. The lowest BCUT2D eigenvalue weighted by molar-refractivity contribution is -0.0356. The van der Waals surface area contributed by atoms with E-state index in [2.05, 4.69) is 4.98 Å². The molecule has 7 heteroatoms. The summed E-state index contributed by atoms with van der Waals surface area (Å²) in [7, 11) is -3.73. The van der Waals surface area contributed by atoms with E-state index < -0.39 is 15.6 Å². The summed E-state index contributed by atoms with van der Waals surface area (Å²) in [5, 5.41) is 14.8. The Bertz CT molecular complexity index is 449. The van der Waals surface area contributed by atoms with Crippen molar-refractivity contribution < 1.29 is 13.5 Å². The van der Waals surface area contributed by atoms with Crippen LogP contribution >= 0.6 is 11.3 Å². The third-order valence-corrected chi connectivity index (χ3v) is 4.89. The fourth-order valence-corrected chi connectivity index (χ4v) is 3.09. The predicted octanol–water partition coefficient (Wildman–Crippen LogP) is 1.19. The third-order valence-electron chi connectivity index (χ3n) is 2.37. The minimum Gasteiger partial charge on any atom is -0.384 e. The van der Waals surface area contributed by atoms with Gasteiger partial charge < -0.3 is 5.11 Å². The summed E-state index contributed by atoms with van der Waals surface area (Å²) in [5.74, 6) is 0. The number of aromatic nitrogens is 1. The van der Waals surface area contributed by atoms with Crippen LogP contribution in [0.2, 0.25) is 0 Å². The number of rotatable bonds is 2. The van der Waals surface area contributed by atoms with E-state index in [1.807, 2.05) is 13.8 Å². The highest BCUT2D eigenvalue weighted by Gasteiger charge is 2.38. The van der Waals surface area contributed by atoms with Gasteiger partial charge in [-0.25, -0.2) is 18.5 Å². The van der Waals surface area contributed by atoms with E-state index >= 15 is 0 Å². The molecule has 5 nitrogen and oxygen atoms in total. The molecule has 1 aliphatic rings. The maximum atomic E-state index is 10.9. The molecule has 3 N–H and O–H groups in total. The highest BCUT2D eigenvalue weighted by Crippen LogP contribution is 2.43. The van der Waals surface area contributed by atoms with Crippen LogP contribution in [0.4, 0.5) is 0 Å². The summed E-state index contributed by atoms with van der Waals surface area (Å²) >= 11 is 0.949. The van der Waals surface area contributed by atoms with Gasteiger partial charge in [-0.15, -0.1) is 11.3 Å². The van der Waals surface area contributed by atoms with Crippen LogP contribution in [-0.2, 0) is 15.6 Å². The zero-order chi connectivity index (χ0) is 12.4. The largest absolute Gasteiger partial charge is 0.384 e. The van der Waals surface area contributed by atoms with Crippen LogP contribution in [0, 0.1) is 0 Å². The van der Waals surface area contributed by atoms with Crippen LogP contribution in [-0.4, -0.2) is 18.5 Å². The quantitative estimate of drug-likeness (QED) is 0.839. The first kappa shape index (κ1) is 13.6. The first-order valence-electron chi connectivity index (χ1n) is 5.13. The number of hydrogen-bond donors (Lipinski definition) is 2. The van der Waals surface area contributed by atoms with Crippen LogP contribution in [0.1, 0.15) is 38.0 Å². The van der Waals surface area contributed by atoms with Gasteiger partial charge in [0.25, 0.3) is 10.0 Å². The standard InChI is InChI=1S/C7H10N2O3S2.C2H6/c8-14(11,12)6-9-4-5(13-6)7(10)2-1-3-7;1-2/h4,10H,1-3H2,(H2,8,11,12);1-2H3. The second-order valence-corrected chi connectivity index (χ2v) is 6.19. The van der Waals surface area contributed by atoms with Crippen molar-refractivity contribution in [2.45, 2.75) is 43.1 Å². The zero-order valence-electron chi connectivity index (χ0n) is 9.30. The first-order chi connectivity index (χ1) is 7.42. The molecule has 1 aromatic rings. The molecule has 0 aliphatic heterocycles. The van der Waals surface area contributed by atoms with E-state index in [4.69, 9.17) is 5.14 Å². The summed E-state index contributed by atoms with van der Waals surface area (Å²) in [6.07, 6.45) is 3.68. The maximum absolute atomic E-state index is 10.9. The molecule has 1 heterocycles. The zero-order valence-corrected chi connectivity index (χ0v) is 10.9. The highest BCUT2D eigenvalue weighted by molar-refractivity contribution is 7.91. The summed E-state index contributed by atoms with van der Waals surface area (Å²) in [6, 6.07) is 0. The third kappa shape index (κ3) is 2.60. The molecule has 1 aliphatic carbocycles. The monoisotopic (exact) mass is 264 g/mol. The van der Waals surface area contributed by atoms with Gasteiger partial charge in [0.05, 0.1) is 4.88 Å². The summed E-state index contributed by atoms with van der Waals surface area (Å²) < 4.78 is 21.7. The normalized spacial score (nSPS) is 18.2. The van der Waals surface area contributed by atoms with E-state index in [0.29, 0.717) is 17.7 Å². The molecule has 2 rings (SSSR count). The van der Waals surface area contributed by atoms with Crippen molar-refractivity contribution in [3.8, 4) is 0 Å². The van der Waals surface area contributed by atoms with Crippen molar-refractivity contribution in [3.63, 3.8) is 0 Å². The van der Waals surface area contributed by atoms with E-state index in [0.717, 1.165) is 17.8 Å². The molecule has 92 valence electrons. The second kappa shape index (κ2) is 4.79. The van der Waals surface area contributed by atoms with Crippen LogP contribution in [0.15, 0.2) is 10.5 Å². The Labute approximate surface area is 99.4 Å². The number of nitrogens with zero attached hydrogens (tertiary/aromatic N) is 1. The minimum absolute atomic E-state index is 0.132. The van der Waals surface area contributed by atoms with Gasteiger partial charge in [0.2, 0.25) is 4.34 Å². The minimum atomic E-state index is -3.73. The van der Waals surface area contributed by atoms with Gasteiger partial charge in [-0.1, -0.05) is 13.8 Å². The summed E-state index contributed by atoms with van der Waals surface area (Å²) in [6.45, 7) is 4.00. The van der Waals surface area contributed by atoms with Gasteiger partial charge in [-0.2, -0.15) is 0 Å². The Morgan fingerprint density at radius 1 is 1.50 bits per heavy atom. The summed E-state index contributed by atoms with van der Waals surface area (Å²) in [4.78, 5) is 4.27. The molecule has 0 bridgehead atoms. The van der Waals surface area contributed by atoms with Crippen molar-refractivity contribution in [2.24, 2.45) is 5.14 Å². The van der Waals surface area contributed by atoms with Gasteiger partial charge in [-0.3, -0.25) is 0 Å². The molecule has 0 saturated heterocycles. The molecule has 0 amide bonds. The molecule has 1 saturated carbocycles. The molecule has 1 aromatic heterocycles. The number of primary sulfonamides is 1.